The SMILES string of the molecule is CC1=C(/C=C\C2C(C)CC2C)C(C)CCCN1C. The molecular weight excluding hydrogens is 218 g/mol. The van der Waals surface area contributed by atoms with Gasteiger partial charge in [-0.15, -0.1) is 0 Å². The van der Waals surface area contributed by atoms with Crippen LogP contribution in [0.5, 0.6) is 0 Å². The zero-order valence-corrected chi connectivity index (χ0v) is 12.7. The normalized spacial score (nSPS) is 37.9. The second-order valence-corrected chi connectivity index (χ2v) is 6.63. The Morgan fingerprint density at radius 2 is 1.83 bits per heavy atom. The van der Waals surface area contributed by atoms with Crippen molar-refractivity contribution in [1.82, 2.24) is 4.90 Å². The summed E-state index contributed by atoms with van der Waals surface area (Å²) in [6.45, 7) is 10.7. The molecule has 1 saturated carbocycles. The van der Waals surface area contributed by atoms with Crippen molar-refractivity contribution in [3.05, 3.63) is 23.4 Å². The lowest BCUT2D eigenvalue weighted by atomic mass is 9.66. The molecule has 1 aliphatic carbocycles. The Morgan fingerprint density at radius 1 is 1.17 bits per heavy atom. The summed E-state index contributed by atoms with van der Waals surface area (Å²) in [6.07, 6.45) is 8.99. The van der Waals surface area contributed by atoms with Crippen molar-refractivity contribution in [1.29, 1.82) is 0 Å². The third-order valence-corrected chi connectivity index (χ3v) is 5.21. The van der Waals surface area contributed by atoms with Gasteiger partial charge in [0.1, 0.15) is 0 Å². The molecule has 0 N–H and O–H groups in total. The molecule has 2 aliphatic rings. The molecule has 0 spiro atoms. The molecule has 1 heteroatoms. The Kier molecular flexibility index (Phi) is 4.19. The van der Waals surface area contributed by atoms with Gasteiger partial charge in [-0.2, -0.15) is 0 Å². The third kappa shape index (κ3) is 2.65. The Labute approximate surface area is 113 Å². The Bertz CT molecular complexity index is 345. The number of hydrogen-bond donors (Lipinski definition) is 0. The Hall–Kier alpha value is -0.720. The van der Waals surface area contributed by atoms with Crippen LogP contribution in [0.2, 0.25) is 0 Å². The first kappa shape index (κ1) is 13.7. The van der Waals surface area contributed by atoms with Gasteiger partial charge in [-0.3, -0.25) is 0 Å². The van der Waals surface area contributed by atoms with E-state index < -0.39 is 0 Å². The van der Waals surface area contributed by atoms with Crippen molar-refractivity contribution >= 4 is 0 Å². The third-order valence-electron chi connectivity index (χ3n) is 5.21. The van der Waals surface area contributed by atoms with E-state index in [0.717, 1.165) is 23.7 Å². The van der Waals surface area contributed by atoms with E-state index in [1.165, 1.54) is 31.5 Å². The maximum Gasteiger partial charge on any atom is 0.0171 e. The molecule has 0 aromatic carbocycles. The van der Waals surface area contributed by atoms with Crippen LogP contribution < -0.4 is 0 Å². The largest absolute Gasteiger partial charge is 0.378 e. The van der Waals surface area contributed by atoms with E-state index >= 15 is 0 Å². The van der Waals surface area contributed by atoms with Crippen LogP contribution in [0.3, 0.4) is 0 Å². The summed E-state index contributed by atoms with van der Waals surface area (Å²) < 4.78 is 0. The molecule has 0 bridgehead atoms. The van der Waals surface area contributed by atoms with Crippen LogP contribution in [0.4, 0.5) is 0 Å². The van der Waals surface area contributed by atoms with E-state index in [4.69, 9.17) is 0 Å². The fourth-order valence-corrected chi connectivity index (χ4v) is 3.68. The van der Waals surface area contributed by atoms with Gasteiger partial charge in [0, 0.05) is 19.3 Å². The lowest BCUT2D eigenvalue weighted by molar-refractivity contribution is 0.148. The molecule has 102 valence electrons. The smallest absolute Gasteiger partial charge is 0.0171 e. The van der Waals surface area contributed by atoms with E-state index in [0.29, 0.717) is 0 Å². The fourth-order valence-electron chi connectivity index (χ4n) is 3.68. The monoisotopic (exact) mass is 247 g/mol. The van der Waals surface area contributed by atoms with Crippen molar-refractivity contribution in [2.75, 3.05) is 13.6 Å². The van der Waals surface area contributed by atoms with Gasteiger partial charge in [-0.25, -0.2) is 0 Å². The highest BCUT2D eigenvalue weighted by Crippen LogP contribution is 2.41. The van der Waals surface area contributed by atoms with Gasteiger partial charge >= 0.3 is 0 Å². The average Bonchev–Trinajstić information content (AvgIpc) is 2.43. The summed E-state index contributed by atoms with van der Waals surface area (Å²) in [6, 6.07) is 0. The molecule has 1 heterocycles. The summed E-state index contributed by atoms with van der Waals surface area (Å²) >= 11 is 0. The molecule has 0 radical (unpaired) electrons. The Balaban J connectivity index is 2.14. The lowest BCUT2D eigenvalue weighted by Gasteiger charge is -2.39. The average molecular weight is 247 g/mol. The molecular formula is C17H29N. The standard InChI is InChI=1S/C17H29N/c1-12-7-6-10-18(5)15(4)17(12)9-8-16-13(2)11-14(16)3/h8-9,12-14,16H,6-7,10-11H2,1-5H3/b9-8-. The fraction of sp³-hybridized carbons (Fsp3) is 0.765. The second-order valence-electron chi connectivity index (χ2n) is 6.63. The first-order valence-electron chi connectivity index (χ1n) is 7.60. The summed E-state index contributed by atoms with van der Waals surface area (Å²) in [5.41, 5.74) is 3.05. The van der Waals surface area contributed by atoms with Crippen LogP contribution in [0.15, 0.2) is 23.4 Å². The van der Waals surface area contributed by atoms with Gasteiger partial charge < -0.3 is 4.90 Å². The van der Waals surface area contributed by atoms with E-state index in [1.54, 1.807) is 5.57 Å². The van der Waals surface area contributed by atoms with E-state index in [9.17, 15) is 0 Å². The van der Waals surface area contributed by atoms with Crippen LogP contribution in [-0.4, -0.2) is 18.5 Å². The lowest BCUT2D eigenvalue weighted by Crippen LogP contribution is -2.31. The van der Waals surface area contributed by atoms with Gasteiger partial charge in [0.2, 0.25) is 0 Å². The number of rotatable bonds is 2. The molecule has 0 aromatic heterocycles. The quantitative estimate of drug-likeness (QED) is 0.696. The zero-order chi connectivity index (χ0) is 13.3. The molecule has 3 unspecified atom stereocenters. The summed E-state index contributed by atoms with van der Waals surface area (Å²) in [7, 11) is 2.23. The van der Waals surface area contributed by atoms with Crippen LogP contribution in [-0.2, 0) is 0 Å². The van der Waals surface area contributed by atoms with Crippen molar-refractivity contribution in [2.24, 2.45) is 23.7 Å². The van der Waals surface area contributed by atoms with Crippen molar-refractivity contribution in [2.45, 2.75) is 47.0 Å². The summed E-state index contributed by atoms with van der Waals surface area (Å²) in [5, 5.41) is 0. The first-order valence-corrected chi connectivity index (χ1v) is 7.60. The molecule has 0 saturated heterocycles. The highest BCUT2D eigenvalue weighted by molar-refractivity contribution is 5.28. The van der Waals surface area contributed by atoms with Gasteiger partial charge in [0.05, 0.1) is 0 Å². The molecule has 2 rings (SSSR count). The highest BCUT2D eigenvalue weighted by atomic mass is 15.1. The van der Waals surface area contributed by atoms with Crippen LogP contribution in [0.1, 0.15) is 47.0 Å². The topological polar surface area (TPSA) is 3.24 Å². The molecule has 3 atom stereocenters. The molecule has 18 heavy (non-hydrogen) atoms. The minimum absolute atomic E-state index is 0.719. The van der Waals surface area contributed by atoms with Gasteiger partial charge in [0.15, 0.2) is 0 Å². The van der Waals surface area contributed by atoms with Gasteiger partial charge in [-0.1, -0.05) is 32.9 Å². The van der Waals surface area contributed by atoms with Crippen LogP contribution >= 0.6 is 0 Å². The Morgan fingerprint density at radius 3 is 2.44 bits per heavy atom. The second kappa shape index (κ2) is 5.50. The predicted octanol–water partition coefficient (Wildman–Crippen LogP) is 4.47. The maximum atomic E-state index is 2.49. The van der Waals surface area contributed by atoms with Crippen LogP contribution in [0.25, 0.3) is 0 Å². The molecule has 1 aliphatic heterocycles. The summed E-state index contributed by atoms with van der Waals surface area (Å²) in [4.78, 5) is 2.43. The van der Waals surface area contributed by atoms with E-state index in [-0.39, 0.29) is 0 Å². The summed E-state index contributed by atoms with van der Waals surface area (Å²) in [5.74, 6) is 3.30. The van der Waals surface area contributed by atoms with E-state index in [2.05, 4.69) is 51.8 Å². The van der Waals surface area contributed by atoms with Gasteiger partial charge in [0.25, 0.3) is 0 Å². The number of hydrogen-bond acceptors (Lipinski definition) is 1. The molecule has 0 amide bonds. The molecule has 1 fully saturated rings. The van der Waals surface area contributed by atoms with E-state index in [1.807, 2.05) is 0 Å². The number of allylic oxidation sites excluding steroid dienone is 4. The zero-order valence-electron chi connectivity index (χ0n) is 12.7. The minimum atomic E-state index is 0.719. The van der Waals surface area contributed by atoms with Crippen molar-refractivity contribution in [3.8, 4) is 0 Å². The van der Waals surface area contributed by atoms with Crippen molar-refractivity contribution < 1.29 is 0 Å². The van der Waals surface area contributed by atoms with Crippen LogP contribution in [0, 0.1) is 23.7 Å². The highest BCUT2D eigenvalue weighted by Gasteiger charge is 2.32. The predicted molar refractivity (Wildman–Crippen MR) is 79.3 cm³/mol. The maximum absolute atomic E-state index is 2.49. The molecule has 1 nitrogen and oxygen atoms in total. The van der Waals surface area contributed by atoms with Crippen molar-refractivity contribution in [3.63, 3.8) is 0 Å². The first-order chi connectivity index (χ1) is 8.50. The number of nitrogens with zero attached hydrogens (tertiary/aromatic N) is 1. The minimum Gasteiger partial charge on any atom is -0.378 e. The van der Waals surface area contributed by atoms with Gasteiger partial charge in [-0.05, 0) is 55.4 Å². The molecule has 0 aromatic rings.